The average molecular weight is 213 g/mol. The van der Waals surface area contributed by atoms with Gasteiger partial charge in [-0.05, 0) is 24.7 Å². The molecule has 0 aromatic heterocycles. The van der Waals surface area contributed by atoms with Crippen LogP contribution in [0.3, 0.4) is 0 Å². The normalized spacial score (nSPS) is 20.3. The molecule has 1 fully saturated rings. The van der Waals surface area contributed by atoms with E-state index in [9.17, 15) is 4.79 Å². The highest BCUT2D eigenvalue weighted by Crippen LogP contribution is 2.23. The van der Waals surface area contributed by atoms with Crippen LogP contribution in [0.5, 0.6) is 0 Å². The van der Waals surface area contributed by atoms with E-state index in [1.165, 1.54) is 32.1 Å². The lowest BCUT2D eigenvalue weighted by molar-refractivity contribution is -0.148. The molecule has 0 aliphatic heterocycles. The summed E-state index contributed by atoms with van der Waals surface area (Å²) in [5.41, 5.74) is 5.70. The zero-order valence-electron chi connectivity index (χ0n) is 9.87. The minimum absolute atomic E-state index is 0.156. The molecule has 88 valence electrons. The Morgan fingerprint density at radius 3 is 2.47 bits per heavy atom. The molecular weight excluding hydrogens is 190 g/mol. The first kappa shape index (κ1) is 12.5. The van der Waals surface area contributed by atoms with Crippen molar-refractivity contribution in [3.05, 3.63) is 0 Å². The lowest BCUT2D eigenvalue weighted by Gasteiger charge is -2.22. The Bertz CT molecular complexity index is 198. The van der Waals surface area contributed by atoms with Crippen molar-refractivity contribution in [2.45, 2.75) is 52.0 Å². The number of rotatable bonds is 4. The van der Waals surface area contributed by atoms with Crippen LogP contribution in [0.4, 0.5) is 0 Å². The molecule has 1 unspecified atom stereocenters. The number of ether oxygens (including phenoxy) is 1. The maximum Gasteiger partial charge on any atom is 0.323 e. The Morgan fingerprint density at radius 2 is 1.93 bits per heavy atom. The largest absolute Gasteiger partial charge is 0.464 e. The van der Waals surface area contributed by atoms with Crippen LogP contribution in [0, 0.1) is 11.8 Å². The zero-order chi connectivity index (χ0) is 11.3. The summed E-state index contributed by atoms with van der Waals surface area (Å²) in [6.45, 7) is 4.44. The minimum atomic E-state index is -0.464. The van der Waals surface area contributed by atoms with Gasteiger partial charge < -0.3 is 10.5 Å². The number of hydrogen-bond acceptors (Lipinski definition) is 3. The lowest BCUT2D eigenvalue weighted by Crippen LogP contribution is -2.37. The van der Waals surface area contributed by atoms with E-state index in [1.807, 2.05) is 13.8 Å². The number of hydrogen-bond donors (Lipinski definition) is 1. The monoisotopic (exact) mass is 213 g/mol. The zero-order valence-corrected chi connectivity index (χ0v) is 9.87. The Labute approximate surface area is 92.4 Å². The van der Waals surface area contributed by atoms with Crippen molar-refractivity contribution in [2.75, 3.05) is 6.61 Å². The van der Waals surface area contributed by atoms with Crippen molar-refractivity contribution in [1.82, 2.24) is 0 Å². The van der Waals surface area contributed by atoms with Gasteiger partial charge in [-0.2, -0.15) is 0 Å². The van der Waals surface area contributed by atoms with Gasteiger partial charge in [0.05, 0.1) is 6.61 Å². The average Bonchev–Trinajstić information content (AvgIpc) is 2.26. The van der Waals surface area contributed by atoms with Crippen LogP contribution >= 0.6 is 0 Å². The molecule has 1 atom stereocenters. The van der Waals surface area contributed by atoms with Crippen LogP contribution < -0.4 is 5.73 Å². The van der Waals surface area contributed by atoms with Crippen LogP contribution in [-0.2, 0) is 9.53 Å². The molecule has 0 amide bonds. The SMILES string of the molecule is CC(C)C(N)C(=O)OCC1CCCCC1. The third-order valence-electron chi connectivity index (χ3n) is 3.18. The van der Waals surface area contributed by atoms with E-state index >= 15 is 0 Å². The molecule has 3 nitrogen and oxygen atoms in total. The van der Waals surface area contributed by atoms with Crippen LogP contribution in [0.25, 0.3) is 0 Å². The smallest absolute Gasteiger partial charge is 0.323 e. The van der Waals surface area contributed by atoms with E-state index in [4.69, 9.17) is 10.5 Å². The van der Waals surface area contributed by atoms with E-state index in [0.717, 1.165) is 0 Å². The first-order chi connectivity index (χ1) is 7.11. The molecule has 1 aliphatic carbocycles. The standard InChI is InChI=1S/C12H23NO2/c1-9(2)11(13)12(14)15-8-10-6-4-3-5-7-10/h9-11H,3-8,13H2,1-2H3. The van der Waals surface area contributed by atoms with Gasteiger partial charge in [-0.1, -0.05) is 33.1 Å². The van der Waals surface area contributed by atoms with E-state index in [2.05, 4.69) is 0 Å². The molecule has 0 heterocycles. The van der Waals surface area contributed by atoms with Crippen molar-refractivity contribution < 1.29 is 9.53 Å². The van der Waals surface area contributed by atoms with Gasteiger partial charge >= 0.3 is 5.97 Å². The van der Waals surface area contributed by atoms with Crippen molar-refractivity contribution >= 4 is 5.97 Å². The molecule has 15 heavy (non-hydrogen) atoms. The van der Waals surface area contributed by atoms with E-state index in [1.54, 1.807) is 0 Å². The Hall–Kier alpha value is -0.570. The molecule has 0 aromatic carbocycles. The second-order valence-corrected chi connectivity index (χ2v) is 4.90. The maximum atomic E-state index is 11.5. The molecule has 1 saturated carbocycles. The minimum Gasteiger partial charge on any atom is -0.464 e. The van der Waals surface area contributed by atoms with E-state index in [-0.39, 0.29) is 11.9 Å². The quantitative estimate of drug-likeness (QED) is 0.727. The molecule has 0 radical (unpaired) electrons. The van der Waals surface area contributed by atoms with Gasteiger partial charge in [0.15, 0.2) is 0 Å². The summed E-state index contributed by atoms with van der Waals surface area (Å²) in [4.78, 5) is 11.5. The van der Waals surface area contributed by atoms with Crippen molar-refractivity contribution in [2.24, 2.45) is 17.6 Å². The highest BCUT2D eigenvalue weighted by Gasteiger charge is 2.21. The summed E-state index contributed by atoms with van der Waals surface area (Å²) < 4.78 is 5.24. The second-order valence-electron chi connectivity index (χ2n) is 4.90. The highest BCUT2D eigenvalue weighted by atomic mass is 16.5. The number of carbonyl (C=O) groups excluding carboxylic acids is 1. The summed E-state index contributed by atoms with van der Waals surface area (Å²) >= 11 is 0. The summed E-state index contributed by atoms with van der Waals surface area (Å²) in [5, 5.41) is 0. The third kappa shape index (κ3) is 4.20. The van der Waals surface area contributed by atoms with Crippen LogP contribution in [0.2, 0.25) is 0 Å². The van der Waals surface area contributed by atoms with Crippen LogP contribution in [0.15, 0.2) is 0 Å². The fraction of sp³-hybridized carbons (Fsp3) is 0.917. The van der Waals surface area contributed by atoms with Crippen molar-refractivity contribution in [1.29, 1.82) is 0 Å². The molecule has 0 spiro atoms. The van der Waals surface area contributed by atoms with Gasteiger partial charge in [0.25, 0.3) is 0 Å². The molecule has 1 rings (SSSR count). The van der Waals surface area contributed by atoms with Crippen LogP contribution in [-0.4, -0.2) is 18.6 Å². The fourth-order valence-electron chi connectivity index (χ4n) is 1.92. The Balaban J connectivity index is 2.20. The number of nitrogens with two attached hydrogens (primary N) is 1. The predicted molar refractivity (Wildman–Crippen MR) is 60.3 cm³/mol. The van der Waals surface area contributed by atoms with Crippen molar-refractivity contribution in [3.63, 3.8) is 0 Å². The van der Waals surface area contributed by atoms with Gasteiger partial charge in [-0.25, -0.2) is 0 Å². The third-order valence-corrected chi connectivity index (χ3v) is 3.18. The molecule has 0 aromatic rings. The van der Waals surface area contributed by atoms with Gasteiger partial charge in [-0.15, -0.1) is 0 Å². The summed E-state index contributed by atoms with van der Waals surface area (Å²) in [7, 11) is 0. The lowest BCUT2D eigenvalue weighted by atomic mass is 9.90. The molecule has 0 saturated heterocycles. The maximum absolute atomic E-state index is 11.5. The summed E-state index contributed by atoms with van der Waals surface area (Å²) in [6, 6.07) is -0.464. The number of carbonyl (C=O) groups is 1. The fourth-order valence-corrected chi connectivity index (χ4v) is 1.92. The summed E-state index contributed by atoms with van der Waals surface area (Å²) in [6.07, 6.45) is 6.28. The molecule has 0 bridgehead atoms. The second kappa shape index (κ2) is 6.11. The van der Waals surface area contributed by atoms with Gasteiger partial charge in [0, 0.05) is 0 Å². The molecule has 2 N–H and O–H groups in total. The Morgan fingerprint density at radius 1 is 1.33 bits per heavy atom. The Kier molecular flexibility index (Phi) is 5.09. The van der Waals surface area contributed by atoms with Crippen molar-refractivity contribution in [3.8, 4) is 0 Å². The molecular formula is C12H23NO2. The molecule has 3 heteroatoms. The topological polar surface area (TPSA) is 52.3 Å². The van der Waals surface area contributed by atoms with Gasteiger partial charge in [-0.3, -0.25) is 4.79 Å². The van der Waals surface area contributed by atoms with E-state index in [0.29, 0.717) is 12.5 Å². The van der Waals surface area contributed by atoms with E-state index < -0.39 is 6.04 Å². The highest BCUT2D eigenvalue weighted by molar-refractivity contribution is 5.75. The van der Waals surface area contributed by atoms with Gasteiger partial charge in [0.2, 0.25) is 0 Å². The van der Waals surface area contributed by atoms with Crippen LogP contribution in [0.1, 0.15) is 46.0 Å². The predicted octanol–water partition coefficient (Wildman–Crippen LogP) is 2.09. The van der Waals surface area contributed by atoms with Gasteiger partial charge in [0.1, 0.15) is 6.04 Å². The summed E-state index contributed by atoms with van der Waals surface area (Å²) in [5.74, 6) is 0.487. The molecule has 1 aliphatic rings. The first-order valence-corrected chi connectivity index (χ1v) is 6.03. The first-order valence-electron chi connectivity index (χ1n) is 6.03. The number of esters is 1.